The molecule has 0 bridgehead atoms. The van der Waals surface area contributed by atoms with E-state index in [1.165, 1.54) is 0 Å². The van der Waals surface area contributed by atoms with Crippen molar-refractivity contribution in [3.05, 3.63) is 0 Å². The van der Waals surface area contributed by atoms with E-state index in [2.05, 4.69) is 0 Å². The predicted octanol–water partition coefficient (Wildman–Crippen LogP) is -0.522. The lowest BCUT2D eigenvalue weighted by atomic mass is 10.3. The molecule has 1 fully saturated rings. The topological polar surface area (TPSA) is 60.2 Å². The third-order valence-corrected chi connectivity index (χ3v) is 2.81. The van der Waals surface area contributed by atoms with E-state index < -0.39 is 10.7 Å². The highest BCUT2D eigenvalue weighted by molar-refractivity contribution is 7.73. The molecule has 2 N–H and O–H groups in total. The van der Waals surface area contributed by atoms with Crippen molar-refractivity contribution < 1.29 is 8.42 Å². The average Bonchev–Trinajstić information content (AvgIpc) is 2.14. The first-order chi connectivity index (χ1) is 4.20. The summed E-state index contributed by atoms with van der Waals surface area (Å²) < 4.78 is 20.7. The monoisotopic (exact) mass is 149 g/mol. The van der Waals surface area contributed by atoms with Gasteiger partial charge in [-0.1, -0.05) is 0 Å². The summed E-state index contributed by atoms with van der Waals surface area (Å²) in [6.45, 7) is 0. The van der Waals surface area contributed by atoms with Gasteiger partial charge in [0.05, 0.1) is 5.25 Å². The molecule has 0 aromatic rings. The van der Waals surface area contributed by atoms with Crippen molar-refractivity contribution in [3.8, 4) is 0 Å². The number of hydrogen-bond acceptors (Lipinski definition) is 3. The maximum atomic E-state index is 10.3. The molecule has 1 rings (SSSR count). The maximum absolute atomic E-state index is 10.3. The standard InChI is InChI=1S/C5H11NO2S/c6-4-1-2-5(3-4)9(7)8/h4-5,9H,1-3,6H2. The summed E-state index contributed by atoms with van der Waals surface area (Å²) in [5.41, 5.74) is 5.50. The second-order valence-corrected chi connectivity index (χ2v) is 3.81. The molecular formula is C5H11NO2S. The normalized spacial score (nSPS) is 35.8. The smallest absolute Gasteiger partial charge is 0.143 e. The summed E-state index contributed by atoms with van der Waals surface area (Å²) >= 11 is 0. The fourth-order valence-electron chi connectivity index (χ4n) is 1.18. The van der Waals surface area contributed by atoms with Crippen LogP contribution in [0.2, 0.25) is 0 Å². The molecule has 2 unspecified atom stereocenters. The van der Waals surface area contributed by atoms with E-state index >= 15 is 0 Å². The Morgan fingerprint density at radius 3 is 2.22 bits per heavy atom. The van der Waals surface area contributed by atoms with E-state index in [-0.39, 0.29) is 11.3 Å². The minimum Gasteiger partial charge on any atom is -0.328 e. The van der Waals surface area contributed by atoms with Gasteiger partial charge in [0.2, 0.25) is 0 Å². The van der Waals surface area contributed by atoms with Gasteiger partial charge in [-0.05, 0) is 19.3 Å². The lowest BCUT2D eigenvalue weighted by Gasteiger charge is -1.97. The van der Waals surface area contributed by atoms with Crippen LogP contribution in [-0.4, -0.2) is 19.7 Å². The zero-order chi connectivity index (χ0) is 6.85. The second-order valence-electron chi connectivity index (χ2n) is 2.51. The van der Waals surface area contributed by atoms with Gasteiger partial charge in [0.1, 0.15) is 10.7 Å². The van der Waals surface area contributed by atoms with Crippen LogP contribution in [0.5, 0.6) is 0 Å². The van der Waals surface area contributed by atoms with Crippen LogP contribution in [0.1, 0.15) is 19.3 Å². The highest BCUT2D eigenvalue weighted by Gasteiger charge is 2.23. The minimum absolute atomic E-state index is 0.128. The van der Waals surface area contributed by atoms with Gasteiger partial charge in [0.15, 0.2) is 0 Å². The largest absolute Gasteiger partial charge is 0.328 e. The van der Waals surface area contributed by atoms with Crippen molar-refractivity contribution in [1.29, 1.82) is 0 Å². The van der Waals surface area contributed by atoms with Crippen LogP contribution in [0, 0.1) is 0 Å². The highest BCUT2D eigenvalue weighted by Crippen LogP contribution is 2.19. The Balaban J connectivity index is 2.48. The maximum Gasteiger partial charge on any atom is 0.143 e. The summed E-state index contributed by atoms with van der Waals surface area (Å²) in [7, 11) is -2.21. The third kappa shape index (κ3) is 1.66. The Kier molecular flexibility index (Phi) is 2.08. The van der Waals surface area contributed by atoms with Gasteiger partial charge in [-0.15, -0.1) is 0 Å². The van der Waals surface area contributed by atoms with Crippen LogP contribution >= 0.6 is 0 Å². The minimum atomic E-state index is -2.21. The first-order valence-electron chi connectivity index (χ1n) is 3.09. The van der Waals surface area contributed by atoms with Gasteiger partial charge in [-0.2, -0.15) is 0 Å². The van der Waals surface area contributed by atoms with Crippen molar-refractivity contribution >= 4 is 10.7 Å². The fourth-order valence-corrected chi connectivity index (χ4v) is 1.99. The Labute approximate surface area is 56.2 Å². The van der Waals surface area contributed by atoms with E-state index in [4.69, 9.17) is 5.73 Å². The van der Waals surface area contributed by atoms with Gasteiger partial charge < -0.3 is 5.73 Å². The van der Waals surface area contributed by atoms with Gasteiger partial charge in [-0.3, -0.25) is 0 Å². The SMILES string of the molecule is NC1CCC([SH](=O)=O)C1. The van der Waals surface area contributed by atoms with E-state index in [1.54, 1.807) is 0 Å². The summed E-state index contributed by atoms with van der Waals surface area (Å²) in [5, 5.41) is -0.130. The molecule has 9 heavy (non-hydrogen) atoms. The zero-order valence-corrected chi connectivity index (χ0v) is 6.01. The number of hydrogen-bond donors (Lipinski definition) is 2. The Morgan fingerprint density at radius 1 is 1.33 bits per heavy atom. The molecule has 0 aromatic heterocycles. The van der Waals surface area contributed by atoms with Crippen molar-refractivity contribution in [2.24, 2.45) is 5.73 Å². The molecule has 2 atom stereocenters. The van der Waals surface area contributed by atoms with Gasteiger partial charge in [0.25, 0.3) is 0 Å². The molecule has 4 heteroatoms. The van der Waals surface area contributed by atoms with E-state index in [0.29, 0.717) is 6.42 Å². The van der Waals surface area contributed by atoms with Crippen LogP contribution in [0.3, 0.4) is 0 Å². The molecule has 0 radical (unpaired) electrons. The fraction of sp³-hybridized carbons (Fsp3) is 1.00. The Bertz CT molecular complexity index is 158. The van der Waals surface area contributed by atoms with Crippen LogP contribution in [-0.2, 0) is 10.7 Å². The van der Waals surface area contributed by atoms with E-state index in [9.17, 15) is 8.42 Å². The van der Waals surface area contributed by atoms with Gasteiger partial charge in [0, 0.05) is 6.04 Å². The molecule has 0 aromatic carbocycles. The third-order valence-electron chi connectivity index (χ3n) is 1.74. The number of nitrogens with two attached hydrogens (primary N) is 1. The van der Waals surface area contributed by atoms with E-state index in [1.807, 2.05) is 0 Å². The first kappa shape index (κ1) is 7.02. The number of thiol groups is 1. The Morgan fingerprint density at radius 2 is 2.00 bits per heavy atom. The molecular weight excluding hydrogens is 138 g/mol. The summed E-state index contributed by atoms with van der Waals surface area (Å²) in [5.74, 6) is 0. The summed E-state index contributed by atoms with van der Waals surface area (Å²) in [4.78, 5) is 0. The lowest BCUT2D eigenvalue weighted by molar-refractivity contribution is 0.598. The van der Waals surface area contributed by atoms with Crippen LogP contribution in [0.25, 0.3) is 0 Å². The summed E-state index contributed by atoms with van der Waals surface area (Å²) in [6.07, 6.45) is 2.30. The summed E-state index contributed by atoms with van der Waals surface area (Å²) in [6, 6.07) is 0.128. The molecule has 54 valence electrons. The quantitative estimate of drug-likeness (QED) is 0.493. The first-order valence-corrected chi connectivity index (χ1v) is 4.34. The van der Waals surface area contributed by atoms with Crippen LogP contribution in [0.15, 0.2) is 0 Å². The zero-order valence-electron chi connectivity index (χ0n) is 5.12. The molecule has 0 aliphatic heterocycles. The Hall–Kier alpha value is -0.0900. The molecule has 0 spiro atoms. The molecule has 1 aliphatic carbocycles. The van der Waals surface area contributed by atoms with Crippen molar-refractivity contribution in [2.75, 3.05) is 0 Å². The molecule has 1 aliphatic rings. The van der Waals surface area contributed by atoms with Crippen molar-refractivity contribution in [3.63, 3.8) is 0 Å². The van der Waals surface area contributed by atoms with Crippen LogP contribution < -0.4 is 5.73 Å². The average molecular weight is 149 g/mol. The molecule has 0 amide bonds. The number of rotatable bonds is 1. The molecule has 3 nitrogen and oxygen atoms in total. The lowest BCUT2D eigenvalue weighted by Crippen LogP contribution is -2.16. The van der Waals surface area contributed by atoms with Crippen molar-refractivity contribution in [1.82, 2.24) is 0 Å². The molecule has 0 heterocycles. The van der Waals surface area contributed by atoms with Crippen LogP contribution in [0.4, 0.5) is 0 Å². The highest BCUT2D eigenvalue weighted by atomic mass is 32.2. The van der Waals surface area contributed by atoms with Gasteiger partial charge >= 0.3 is 0 Å². The second kappa shape index (κ2) is 2.66. The molecule has 0 saturated heterocycles. The van der Waals surface area contributed by atoms with Crippen molar-refractivity contribution in [2.45, 2.75) is 30.6 Å². The molecule has 1 saturated carbocycles. The van der Waals surface area contributed by atoms with E-state index in [0.717, 1.165) is 12.8 Å². The van der Waals surface area contributed by atoms with Gasteiger partial charge in [-0.25, -0.2) is 8.42 Å². The predicted molar refractivity (Wildman–Crippen MR) is 35.9 cm³/mol.